The molecule has 2 rings (SSSR count). The molecule has 0 radical (unpaired) electrons. The zero-order valence-electron chi connectivity index (χ0n) is 21.5. The van der Waals surface area contributed by atoms with Crippen LogP contribution in [0.25, 0.3) is 0 Å². The third kappa shape index (κ3) is 7.12. The molecule has 2 aliphatic carbocycles. The van der Waals surface area contributed by atoms with Gasteiger partial charge in [0.1, 0.15) is 11.5 Å². The first-order valence-electron chi connectivity index (χ1n) is 12.3. The average molecular weight is 459 g/mol. The van der Waals surface area contributed by atoms with Gasteiger partial charge >= 0.3 is 0 Å². The molecule has 0 spiro atoms. The summed E-state index contributed by atoms with van der Waals surface area (Å²) in [4.78, 5) is 35.2. The summed E-state index contributed by atoms with van der Waals surface area (Å²) in [5.41, 5.74) is 1.65. The number of allylic oxidation sites excluding steroid dienone is 4. The van der Waals surface area contributed by atoms with Crippen LogP contribution in [0.3, 0.4) is 0 Å². The predicted molar refractivity (Wildman–Crippen MR) is 134 cm³/mol. The number of hydrogen-bond donors (Lipinski definition) is 2. The fourth-order valence-electron chi connectivity index (χ4n) is 4.75. The number of carbonyl (C=O) groups is 2. The summed E-state index contributed by atoms with van der Waals surface area (Å²) in [5.74, 6) is 0.155. The Morgan fingerprint density at radius 3 is 1.70 bits per heavy atom. The number of aliphatic imine (C=N–C) groups is 2. The van der Waals surface area contributed by atoms with E-state index in [1.54, 1.807) is 0 Å². The molecule has 0 aromatic heterocycles. The summed E-state index contributed by atoms with van der Waals surface area (Å²) in [6.07, 6.45) is 4.46. The van der Waals surface area contributed by atoms with E-state index in [9.17, 15) is 19.8 Å². The molecule has 0 saturated heterocycles. The van der Waals surface area contributed by atoms with Crippen molar-refractivity contribution >= 4 is 23.0 Å². The number of rotatable bonds is 7. The van der Waals surface area contributed by atoms with Gasteiger partial charge in [0.15, 0.2) is 11.6 Å². The monoisotopic (exact) mass is 458 g/mol. The molecule has 0 bridgehead atoms. The molecule has 1 atom stereocenters. The van der Waals surface area contributed by atoms with Gasteiger partial charge in [-0.3, -0.25) is 19.6 Å². The number of hydrogen-bond acceptors (Lipinski definition) is 6. The van der Waals surface area contributed by atoms with E-state index < -0.39 is 0 Å². The number of Topliss-reactive ketones (excluding diaryl/α,β-unsaturated/α-hetero) is 2. The lowest BCUT2D eigenvalue weighted by Gasteiger charge is -2.32. The maximum absolute atomic E-state index is 12.8. The largest absolute Gasteiger partial charge is 0.511 e. The summed E-state index contributed by atoms with van der Waals surface area (Å²) < 4.78 is 0. The zero-order chi connectivity index (χ0) is 25.0. The standard InChI is InChI=1S/C27H42N2O4/c1-8-10-20(30)24-18(12-26(4,5)14-22(24)32)28-16-17(3)29-19-13-27(6,7)15-23(33)25(19)21(31)11-9-2/h17,30-31H,8-16H2,1-7H3/b24-20+,25-21-,28-18?,29-19?. The Hall–Kier alpha value is -2.24. The average Bonchev–Trinajstić information content (AvgIpc) is 2.64. The molecule has 2 saturated carbocycles. The van der Waals surface area contributed by atoms with Crippen molar-refractivity contribution < 1.29 is 19.8 Å². The molecule has 0 aromatic carbocycles. The summed E-state index contributed by atoms with van der Waals surface area (Å²) in [6, 6.07) is -0.228. The van der Waals surface area contributed by atoms with Crippen molar-refractivity contribution in [2.75, 3.05) is 6.54 Å². The summed E-state index contributed by atoms with van der Waals surface area (Å²) in [5, 5.41) is 21.1. The third-order valence-corrected chi connectivity index (χ3v) is 6.18. The van der Waals surface area contributed by atoms with E-state index in [1.165, 1.54) is 0 Å². The van der Waals surface area contributed by atoms with E-state index >= 15 is 0 Å². The number of nitrogens with zero attached hydrogens (tertiary/aromatic N) is 2. The molecule has 2 fully saturated rings. The van der Waals surface area contributed by atoms with Gasteiger partial charge < -0.3 is 10.2 Å². The summed E-state index contributed by atoms with van der Waals surface area (Å²) >= 11 is 0. The number of carbonyl (C=O) groups excluding carboxylic acids is 2. The van der Waals surface area contributed by atoms with E-state index in [2.05, 4.69) is 0 Å². The van der Waals surface area contributed by atoms with Gasteiger partial charge in [0, 0.05) is 37.1 Å². The highest BCUT2D eigenvalue weighted by Gasteiger charge is 2.37. The Kier molecular flexibility index (Phi) is 8.83. The predicted octanol–water partition coefficient (Wildman–Crippen LogP) is 6.26. The first kappa shape index (κ1) is 27.0. The van der Waals surface area contributed by atoms with Crippen molar-refractivity contribution in [3.8, 4) is 0 Å². The minimum atomic E-state index is -0.228. The Labute approximate surface area is 199 Å². The van der Waals surface area contributed by atoms with Crippen molar-refractivity contribution in [2.45, 2.75) is 106 Å². The molecule has 0 amide bonds. The molecule has 33 heavy (non-hydrogen) atoms. The smallest absolute Gasteiger partial charge is 0.168 e. The molecular formula is C27H42N2O4. The number of aliphatic hydroxyl groups excluding tert-OH is 2. The van der Waals surface area contributed by atoms with Gasteiger partial charge in [-0.2, -0.15) is 0 Å². The second-order valence-corrected chi connectivity index (χ2v) is 11.2. The van der Waals surface area contributed by atoms with E-state index in [4.69, 9.17) is 9.98 Å². The van der Waals surface area contributed by atoms with Crippen LogP contribution < -0.4 is 0 Å². The number of ketones is 2. The topological polar surface area (TPSA) is 99.3 Å². The van der Waals surface area contributed by atoms with Crippen molar-refractivity contribution in [1.82, 2.24) is 0 Å². The van der Waals surface area contributed by atoms with Gasteiger partial charge in [-0.25, -0.2) is 0 Å². The van der Waals surface area contributed by atoms with E-state index in [0.717, 1.165) is 12.8 Å². The molecule has 6 nitrogen and oxygen atoms in total. The highest BCUT2D eigenvalue weighted by Crippen LogP contribution is 2.37. The van der Waals surface area contributed by atoms with Crippen molar-refractivity contribution in [1.29, 1.82) is 0 Å². The quantitative estimate of drug-likeness (QED) is 0.347. The van der Waals surface area contributed by atoms with Crippen molar-refractivity contribution in [3.63, 3.8) is 0 Å². The molecular weight excluding hydrogens is 416 g/mol. The Balaban J connectivity index is 2.38. The molecule has 0 heterocycles. The van der Waals surface area contributed by atoms with Crippen LogP contribution in [0.2, 0.25) is 0 Å². The van der Waals surface area contributed by atoms with Crippen LogP contribution in [-0.2, 0) is 9.59 Å². The molecule has 2 aliphatic rings. The SMILES string of the molecule is CCC/C(O)=C1/C(=O)CC(C)(C)CC1=NC(C)CN=C1CC(C)(C)CC(=O)/C1=C(/O)CCC. The van der Waals surface area contributed by atoms with Gasteiger partial charge in [0.2, 0.25) is 0 Å². The molecule has 2 N–H and O–H groups in total. The lowest BCUT2D eigenvalue weighted by molar-refractivity contribution is -0.118. The second kappa shape index (κ2) is 10.8. The van der Waals surface area contributed by atoms with Crippen LogP contribution in [-0.4, -0.2) is 45.8 Å². The minimum Gasteiger partial charge on any atom is -0.511 e. The fourth-order valence-corrected chi connectivity index (χ4v) is 4.75. The van der Waals surface area contributed by atoms with Crippen LogP contribution in [0.4, 0.5) is 0 Å². The fraction of sp³-hybridized carbons (Fsp3) is 0.704. The van der Waals surface area contributed by atoms with Crippen LogP contribution >= 0.6 is 0 Å². The van der Waals surface area contributed by atoms with Crippen LogP contribution in [0.5, 0.6) is 0 Å². The van der Waals surface area contributed by atoms with Crippen molar-refractivity contribution in [3.05, 3.63) is 22.7 Å². The Morgan fingerprint density at radius 2 is 1.24 bits per heavy atom. The second-order valence-electron chi connectivity index (χ2n) is 11.2. The highest BCUT2D eigenvalue weighted by atomic mass is 16.3. The lowest BCUT2D eigenvalue weighted by atomic mass is 9.73. The van der Waals surface area contributed by atoms with Gasteiger partial charge in [-0.1, -0.05) is 41.5 Å². The molecule has 184 valence electrons. The van der Waals surface area contributed by atoms with Crippen LogP contribution in [0.1, 0.15) is 99.8 Å². The summed E-state index contributed by atoms with van der Waals surface area (Å²) in [7, 11) is 0. The maximum atomic E-state index is 12.8. The third-order valence-electron chi connectivity index (χ3n) is 6.18. The molecule has 0 aliphatic heterocycles. The van der Waals surface area contributed by atoms with E-state index in [0.29, 0.717) is 67.6 Å². The lowest BCUT2D eigenvalue weighted by Crippen LogP contribution is -2.34. The zero-order valence-corrected chi connectivity index (χ0v) is 21.5. The minimum absolute atomic E-state index is 0.0516. The van der Waals surface area contributed by atoms with Gasteiger partial charge in [-0.15, -0.1) is 0 Å². The molecule has 6 heteroatoms. The van der Waals surface area contributed by atoms with Crippen molar-refractivity contribution in [2.24, 2.45) is 20.8 Å². The highest BCUT2D eigenvalue weighted by molar-refractivity contribution is 6.25. The first-order chi connectivity index (χ1) is 15.3. The number of aliphatic hydroxyl groups is 2. The normalized spacial score (nSPS) is 27.1. The van der Waals surface area contributed by atoms with Gasteiger partial charge in [0.25, 0.3) is 0 Å². The van der Waals surface area contributed by atoms with Gasteiger partial charge in [-0.05, 0) is 43.4 Å². The molecule has 0 aromatic rings. The van der Waals surface area contributed by atoms with Crippen LogP contribution in [0.15, 0.2) is 32.6 Å². The van der Waals surface area contributed by atoms with E-state index in [1.807, 2.05) is 48.5 Å². The van der Waals surface area contributed by atoms with Gasteiger partial charge in [0.05, 0.1) is 23.7 Å². The Morgan fingerprint density at radius 1 is 0.818 bits per heavy atom. The maximum Gasteiger partial charge on any atom is 0.168 e. The molecule has 1 unspecified atom stereocenters. The first-order valence-corrected chi connectivity index (χ1v) is 12.3. The Bertz CT molecular complexity index is 903. The van der Waals surface area contributed by atoms with Crippen LogP contribution in [0, 0.1) is 10.8 Å². The van der Waals surface area contributed by atoms with E-state index in [-0.39, 0.29) is 40.0 Å². The summed E-state index contributed by atoms with van der Waals surface area (Å²) in [6.45, 7) is 14.4.